The maximum absolute atomic E-state index is 13.6. The molecular weight excluding hydrogens is 401 g/mol. The second kappa shape index (κ2) is 8.08. The van der Waals surface area contributed by atoms with Crippen molar-refractivity contribution in [3.8, 4) is 0 Å². The van der Waals surface area contributed by atoms with Crippen LogP contribution in [0.15, 0.2) is 88.1 Å². The van der Waals surface area contributed by atoms with Crippen molar-refractivity contribution in [1.82, 2.24) is 0 Å². The highest BCUT2D eigenvalue weighted by molar-refractivity contribution is 7.95. The maximum Gasteiger partial charge on any atom is 0.416 e. The molecule has 4 nitrogen and oxygen atoms in total. The minimum atomic E-state index is -4.48. The van der Waals surface area contributed by atoms with E-state index in [1.165, 1.54) is 0 Å². The molecule has 0 aliphatic heterocycles. The van der Waals surface area contributed by atoms with Crippen LogP contribution in [-0.4, -0.2) is 10.1 Å². The average Bonchev–Trinajstić information content (AvgIpc) is 2.68. The van der Waals surface area contributed by atoms with Crippen molar-refractivity contribution in [2.45, 2.75) is 18.0 Å². The molecule has 0 aliphatic carbocycles. The first-order valence-electron chi connectivity index (χ1n) is 8.56. The Balaban J connectivity index is 2.04. The van der Waals surface area contributed by atoms with Gasteiger partial charge in [-0.3, -0.25) is 9.52 Å². The summed E-state index contributed by atoms with van der Waals surface area (Å²) in [5, 5.41) is 0. The van der Waals surface area contributed by atoms with Crippen molar-refractivity contribution in [2.75, 3.05) is 4.72 Å². The van der Waals surface area contributed by atoms with Gasteiger partial charge in [-0.15, -0.1) is 4.36 Å². The first kappa shape index (κ1) is 20.6. The summed E-state index contributed by atoms with van der Waals surface area (Å²) in [6.07, 6.45) is -4.48. The van der Waals surface area contributed by atoms with Crippen LogP contribution in [0.1, 0.15) is 21.5 Å². The standard InChI is InChI=1S/C21H17F3N2O2S/c1-15-7-13-19(14-8-15)29(28,26-20(27)16-5-3-2-4-6-16)25-18-11-9-17(10-12-18)21(22,23)24/h2-14H,1H3,(H,25,26,27,28). The zero-order valence-corrected chi connectivity index (χ0v) is 16.1. The summed E-state index contributed by atoms with van der Waals surface area (Å²) in [6, 6.07) is 18.7. The van der Waals surface area contributed by atoms with Gasteiger partial charge in [-0.1, -0.05) is 35.9 Å². The third-order valence-electron chi connectivity index (χ3n) is 4.04. The number of rotatable bonds is 4. The molecule has 3 rings (SSSR count). The Bertz CT molecular complexity index is 1120. The molecule has 8 heteroatoms. The molecule has 1 atom stereocenters. The van der Waals surface area contributed by atoms with Gasteiger partial charge in [0.25, 0.3) is 5.91 Å². The van der Waals surface area contributed by atoms with Crippen LogP contribution >= 0.6 is 0 Å². The van der Waals surface area contributed by atoms with Crippen molar-refractivity contribution >= 4 is 21.5 Å². The smallest absolute Gasteiger partial charge is 0.295 e. The van der Waals surface area contributed by atoms with E-state index >= 15 is 0 Å². The monoisotopic (exact) mass is 418 g/mol. The minimum Gasteiger partial charge on any atom is -0.295 e. The Labute approximate surface area is 166 Å². The molecule has 0 fully saturated rings. The number of amides is 1. The van der Waals surface area contributed by atoms with Gasteiger partial charge in [0, 0.05) is 11.3 Å². The van der Waals surface area contributed by atoms with Crippen LogP contribution in [0.2, 0.25) is 0 Å². The molecule has 0 saturated carbocycles. The fourth-order valence-corrected chi connectivity index (χ4v) is 4.06. The van der Waals surface area contributed by atoms with E-state index in [2.05, 4.69) is 9.08 Å². The summed E-state index contributed by atoms with van der Waals surface area (Å²) in [6.45, 7) is 1.85. The number of halogens is 3. The third kappa shape index (κ3) is 5.03. The number of carbonyl (C=O) groups is 1. The summed E-state index contributed by atoms with van der Waals surface area (Å²) >= 11 is 0. The molecule has 150 valence electrons. The molecule has 0 aliphatic rings. The van der Waals surface area contributed by atoms with Gasteiger partial charge in [0.2, 0.25) is 0 Å². The van der Waals surface area contributed by atoms with Gasteiger partial charge in [0.05, 0.1) is 10.5 Å². The molecule has 1 amide bonds. The fourth-order valence-electron chi connectivity index (χ4n) is 2.49. The van der Waals surface area contributed by atoms with Crippen molar-refractivity contribution in [3.63, 3.8) is 0 Å². The van der Waals surface area contributed by atoms with Gasteiger partial charge in [0.15, 0.2) is 9.92 Å². The van der Waals surface area contributed by atoms with Gasteiger partial charge >= 0.3 is 6.18 Å². The molecule has 3 aromatic rings. The van der Waals surface area contributed by atoms with Crippen LogP contribution in [0.3, 0.4) is 0 Å². The lowest BCUT2D eigenvalue weighted by molar-refractivity contribution is -0.137. The SMILES string of the molecule is Cc1ccc(S(=O)(=NC(=O)c2ccccc2)Nc2ccc(C(F)(F)F)cc2)cc1. The molecule has 0 bridgehead atoms. The molecule has 1 unspecified atom stereocenters. The lowest BCUT2D eigenvalue weighted by Crippen LogP contribution is -2.16. The van der Waals surface area contributed by atoms with E-state index in [1.54, 1.807) is 54.6 Å². The van der Waals surface area contributed by atoms with E-state index in [0.717, 1.165) is 29.8 Å². The first-order chi connectivity index (χ1) is 13.7. The molecule has 0 saturated heterocycles. The van der Waals surface area contributed by atoms with E-state index in [4.69, 9.17) is 0 Å². The molecule has 29 heavy (non-hydrogen) atoms. The van der Waals surface area contributed by atoms with Gasteiger partial charge in [-0.2, -0.15) is 13.2 Å². The maximum atomic E-state index is 13.6. The fraction of sp³-hybridized carbons (Fsp3) is 0.0952. The van der Waals surface area contributed by atoms with E-state index in [1.807, 2.05) is 6.92 Å². The van der Waals surface area contributed by atoms with Crippen molar-refractivity contribution in [1.29, 1.82) is 0 Å². The van der Waals surface area contributed by atoms with Gasteiger partial charge < -0.3 is 0 Å². The summed E-state index contributed by atoms with van der Waals surface area (Å²) < 4.78 is 58.5. The molecule has 3 aromatic carbocycles. The Kier molecular flexibility index (Phi) is 5.74. The number of aryl methyl sites for hydroxylation is 1. The Morgan fingerprint density at radius 1 is 0.897 bits per heavy atom. The van der Waals surface area contributed by atoms with Crippen LogP contribution in [-0.2, 0) is 16.1 Å². The zero-order chi connectivity index (χ0) is 21.1. The summed E-state index contributed by atoms with van der Waals surface area (Å²) in [5.41, 5.74) is 0.483. The quantitative estimate of drug-likeness (QED) is 0.590. The minimum absolute atomic E-state index is 0.146. The van der Waals surface area contributed by atoms with Gasteiger partial charge in [-0.25, -0.2) is 4.21 Å². The lowest BCUT2D eigenvalue weighted by Gasteiger charge is -2.14. The molecular formula is C21H17F3N2O2S. The van der Waals surface area contributed by atoms with Crippen LogP contribution in [0.5, 0.6) is 0 Å². The van der Waals surface area contributed by atoms with Crippen LogP contribution in [0.4, 0.5) is 18.9 Å². The number of nitrogens with zero attached hydrogens (tertiary/aromatic N) is 1. The van der Waals surface area contributed by atoms with E-state index < -0.39 is 27.6 Å². The number of nitrogens with one attached hydrogen (secondary N) is 1. The Hall–Kier alpha value is -3.13. The number of benzene rings is 3. The Morgan fingerprint density at radius 2 is 1.48 bits per heavy atom. The highest BCUT2D eigenvalue weighted by Gasteiger charge is 2.30. The van der Waals surface area contributed by atoms with Crippen LogP contribution in [0, 0.1) is 6.92 Å². The normalized spacial score (nSPS) is 13.4. The summed E-state index contributed by atoms with van der Waals surface area (Å²) in [4.78, 5) is 12.8. The number of alkyl halides is 3. The second-order valence-corrected chi connectivity index (χ2v) is 8.19. The van der Waals surface area contributed by atoms with Gasteiger partial charge in [0.1, 0.15) is 0 Å². The predicted molar refractivity (Wildman–Crippen MR) is 106 cm³/mol. The third-order valence-corrected chi connectivity index (χ3v) is 5.89. The molecule has 0 spiro atoms. The number of hydrogen-bond donors (Lipinski definition) is 1. The predicted octanol–water partition coefficient (Wildman–Crippen LogP) is 5.71. The summed E-state index contributed by atoms with van der Waals surface area (Å²) in [7, 11) is -3.49. The highest BCUT2D eigenvalue weighted by atomic mass is 32.2. The zero-order valence-electron chi connectivity index (χ0n) is 15.3. The Morgan fingerprint density at radius 3 is 2.03 bits per heavy atom. The lowest BCUT2D eigenvalue weighted by atomic mass is 10.2. The summed E-state index contributed by atoms with van der Waals surface area (Å²) in [5.74, 6) is -0.699. The topological polar surface area (TPSA) is 58.5 Å². The van der Waals surface area contributed by atoms with Crippen LogP contribution in [0.25, 0.3) is 0 Å². The molecule has 1 N–H and O–H groups in total. The number of anilines is 1. The largest absolute Gasteiger partial charge is 0.416 e. The average molecular weight is 418 g/mol. The molecule has 0 aromatic heterocycles. The van der Waals surface area contributed by atoms with Crippen LogP contribution < -0.4 is 4.72 Å². The van der Waals surface area contributed by atoms with Crippen molar-refractivity contribution in [3.05, 3.63) is 95.6 Å². The van der Waals surface area contributed by atoms with Crippen molar-refractivity contribution in [2.24, 2.45) is 4.36 Å². The van der Waals surface area contributed by atoms with E-state index in [9.17, 15) is 22.2 Å². The van der Waals surface area contributed by atoms with E-state index in [0.29, 0.717) is 0 Å². The molecule has 0 radical (unpaired) electrons. The van der Waals surface area contributed by atoms with E-state index in [-0.39, 0.29) is 16.1 Å². The highest BCUT2D eigenvalue weighted by Crippen LogP contribution is 2.30. The van der Waals surface area contributed by atoms with Crippen molar-refractivity contribution < 1.29 is 22.2 Å². The first-order valence-corrected chi connectivity index (χ1v) is 10.1. The number of hydrogen-bond acceptors (Lipinski definition) is 2. The molecule has 0 heterocycles. The second-order valence-electron chi connectivity index (χ2n) is 6.28. The van der Waals surface area contributed by atoms with Gasteiger partial charge in [-0.05, 0) is 55.5 Å². The number of carbonyl (C=O) groups excluding carboxylic acids is 1.